The number of hydrogen-bond acceptors (Lipinski definition) is 3. The summed E-state index contributed by atoms with van der Waals surface area (Å²) in [5, 5.41) is 8.00. The van der Waals surface area contributed by atoms with Gasteiger partial charge in [0.2, 0.25) is 0 Å². The Morgan fingerprint density at radius 3 is 2.47 bits per heavy atom. The number of aromatic nitrogens is 3. The molecule has 2 heterocycles. The van der Waals surface area contributed by atoms with Crippen molar-refractivity contribution in [3.63, 3.8) is 0 Å². The second-order valence-electron chi connectivity index (χ2n) is 4.55. The Labute approximate surface area is 114 Å². The zero-order valence-corrected chi connectivity index (χ0v) is 12.0. The molecule has 2 aromatic rings. The molecule has 102 valence electrons. The molecule has 0 amide bonds. The van der Waals surface area contributed by atoms with Crippen molar-refractivity contribution in [1.82, 2.24) is 20.1 Å². The van der Waals surface area contributed by atoms with E-state index in [0.29, 0.717) is 0 Å². The molecule has 2 rings (SSSR count). The second-order valence-corrected chi connectivity index (χ2v) is 4.55. The summed E-state index contributed by atoms with van der Waals surface area (Å²) in [4.78, 5) is 4.07. The Bertz CT molecular complexity index is 516. The second kappa shape index (κ2) is 6.48. The summed E-state index contributed by atoms with van der Waals surface area (Å²) in [5.74, 6) is 0. The highest BCUT2D eigenvalue weighted by Crippen LogP contribution is 2.20. The van der Waals surface area contributed by atoms with Gasteiger partial charge >= 0.3 is 0 Å². The van der Waals surface area contributed by atoms with Gasteiger partial charge < -0.3 is 5.32 Å². The molecule has 4 heteroatoms. The van der Waals surface area contributed by atoms with Crippen molar-refractivity contribution in [1.29, 1.82) is 0 Å². The summed E-state index contributed by atoms with van der Waals surface area (Å²) >= 11 is 0. The first-order chi connectivity index (χ1) is 9.31. The van der Waals surface area contributed by atoms with Crippen LogP contribution >= 0.6 is 0 Å². The molecule has 4 nitrogen and oxygen atoms in total. The van der Waals surface area contributed by atoms with Crippen LogP contribution in [0.1, 0.15) is 30.8 Å². The van der Waals surface area contributed by atoms with Crippen LogP contribution in [0.5, 0.6) is 0 Å². The van der Waals surface area contributed by atoms with E-state index in [2.05, 4.69) is 28.8 Å². The van der Waals surface area contributed by atoms with Crippen LogP contribution in [-0.2, 0) is 19.3 Å². The lowest BCUT2D eigenvalue weighted by atomic mass is 10.1. The first-order valence-electron chi connectivity index (χ1n) is 6.96. The van der Waals surface area contributed by atoms with Crippen molar-refractivity contribution in [2.24, 2.45) is 0 Å². The average Bonchev–Trinajstić information content (AvgIpc) is 2.83. The summed E-state index contributed by atoms with van der Waals surface area (Å²) in [5.41, 5.74) is 5.02. The van der Waals surface area contributed by atoms with E-state index in [1.807, 2.05) is 31.6 Å². The Balaban J connectivity index is 2.47. The van der Waals surface area contributed by atoms with Crippen molar-refractivity contribution in [2.45, 2.75) is 33.1 Å². The van der Waals surface area contributed by atoms with Crippen molar-refractivity contribution in [2.75, 3.05) is 13.6 Å². The zero-order valence-electron chi connectivity index (χ0n) is 12.0. The predicted molar refractivity (Wildman–Crippen MR) is 77.7 cm³/mol. The van der Waals surface area contributed by atoms with Gasteiger partial charge in [-0.2, -0.15) is 5.10 Å². The Hall–Kier alpha value is -1.68. The van der Waals surface area contributed by atoms with Crippen LogP contribution in [0.15, 0.2) is 24.5 Å². The van der Waals surface area contributed by atoms with Crippen LogP contribution in [0, 0.1) is 0 Å². The van der Waals surface area contributed by atoms with Gasteiger partial charge in [-0.1, -0.05) is 13.8 Å². The monoisotopic (exact) mass is 258 g/mol. The molecule has 0 spiro atoms. The van der Waals surface area contributed by atoms with E-state index >= 15 is 0 Å². The van der Waals surface area contributed by atoms with E-state index in [1.54, 1.807) is 0 Å². The quantitative estimate of drug-likeness (QED) is 0.863. The van der Waals surface area contributed by atoms with E-state index in [4.69, 9.17) is 5.10 Å². The van der Waals surface area contributed by atoms with Crippen LogP contribution in [0.4, 0.5) is 0 Å². The predicted octanol–water partition coefficient (Wildman–Crippen LogP) is 2.15. The lowest BCUT2D eigenvalue weighted by Gasteiger charge is -2.07. The first kappa shape index (κ1) is 13.7. The van der Waals surface area contributed by atoms with Gasteiger partial charge in [0.05, 0.1) is 11.4 Å². The van der Waals surface area contributed by atoms with E-state index < -0.39 is 0 Å². The van der Waals surface area contributed by atoms with E-state index in [0.717, 1.165) is 31.5 Å². The van der Waals surface area contributed by atoms with Gasteiger partial charge in [-0.15, -0.1) is 0 Å². The molecule has 0 saturated heterocycles. The molecule has 0 fully saturated rings. The maximum Gasteiger partial charge on any atom is 0.0679 e. The van der Waals surface area contributed by atoms with Crippen LogP contribution < -0.4 is 5.32 Å². The average molecular weight is 258 g/mol. The largest absolute Gasteiger partial charge is 0.319 e. The summed E-state index contributed by atoms with van der Waals surface area (Å²) in [6.07, 6.45) is 6.64. The molecule has 0 aliphatic heterocycles. The van der Waals surface area contributed by atoms with Crippen LogP contribution in [0.2, 0.25) is 0 Å². The molecule has 0 aliphatic rings. The normalized spacial score (nSPS) is 10.9. The molecule has 0 aromatic carbocycles. The zero-order chi connectivity index (χ0) is 13.7. The molecule has 0 atom stereocenters. The minimum absolute atomic E-state index is 0.976. The van der Waals surface area contributed by atoms with Crippen molar-refractivity contribution in [3.8, 4) is 5.69 Å². The molecule has 2 aromatic heterocycles. The van der Waals surface area contributed by atoms with Gasteiger partial charge in [-0.25, -0.2) is 4.68 Å². The maximum absolute atomic E-state index is 4.78. The third-order valence-corrected chi connectivity index (χ3v) is 3.38. The number of likely N-dealkylation sites (N-methyl/N-ethyl adjacent to an activating group) is 1. The number of nitrogens with zero attached hydrogens (tertiary/aromatic N) is 3. The first-order valence-corrected chi connectivity index (χ1v) is 6.96. The minimum Gasteiger partial charge on any atom is -0.319 e. The third-order valence-electron chi connectivity index (χ3n) is 3.38. The van der Waals surface area contributed by atoms with Gasteiger partial charge in [0, 0.05) is 18.1 Å². The highest BCUT2D eigenvalue weighted by atomic mass is 15.3. The summed E-state index contributed by atoms with van der Waals surface area (Å²) in [7, 11) is 1.99. The molecular formula is C15H22N4. The standard InChI is InChI=1S/C15H22N4/c1-4-14-13(8-9-16-3)15(5-2)19(18-14)12-6-10-17-11-7-12/h6-7,10-11,16H,4-5,8-9H2,1-3H3. The number of pyridine rings is 1. The Morgan fingerprint density at radius 2 is 1.89 bits per heavy atom. The lowest BCUT2D eigenvalue weighted by molar-refractivity contribution is 0.772. The smallest absolute Gasteiger partial charge is 0.0679 e. The van der Waals surface area contributed by atoms with Gasteiger partial charge in [0.25, 0.3) is 0 Å². The molecule has 0 aliphatic carbocycles. The molecule has 19 heavy (non-hydrogen) atoms. The fourth-order valence-corrected chi connectivity index (χ4v) is 2.42. The molecule has 0 bridgehead atoms. The summed E-state index contributed by atoms with van der Waals surface area (Å²) in [6, 6.07) is 4.01. The SMILES string of the molecule is CCc1nn(-c2ccncc2)c(CC)c1CCNC. The van der Waals surface area contributed by atoms with Crippen LogP contribution in [0.3, 0.4) is 0 Å². The topological polar surface area (TPSA) is 42.7 Å². The van der Waals surface area contributed by atoms with Crippen molar-refractivity contribution >= 4 is 0 Å². The van der Waals surface area contributed by atoms with E-state index in [9.17, 15) is 0 Å². The van der Waals surface area contributed by atoms with Crippen molar-refractivity contribution < 1.29 is 0 Å². The Kier molecular flexibility index (Phi) is 4.68. The van der Waals surface area contributed by atoms with Gasteiger partial charge in [-0.05, 0) is 50.6 Å². The molecule has 1 N–H and O–H groups in total. The third kappa shape index (κ3) is 2.84. The lowest BCUT2D eigenvalue weighted by Crippen LogP contribution is -2.12. The molecular weight excluding hydrogens is 236 g/mol. The maximum atomic E-state index is 4.78. The highest BCUT2D eigenvalue weighted by Gasteiger charge is 2.15. The van der Waals surface area contributed by atoms with Crippen LogP contribution in [-0.4, -0.2) is 28.4 Å². The fraction of sp³-hybridized carbons (Fsp3) is 0.467. The van der Waals surface area contributed by atoms with E-state index in [1.165, 1.54) is 17.0 Å². The Morgan fingerprint density at radius 1 is 1.16 bits per heavy atom. The van der Waals surface area contributed by atoms with Crippen molar-refractivity contribution in [3.05, 3.63) is 41.5 Å². The van der Waals surface area contributed by atoms with Gasteiger partial charge in [0.15, 0.2) is 0 Å². The highest BCUT2D eigenvalue weighted by molar-refractivity contribution is 5.37. The minimum atomic E-state index is 0.976. The number of hydrogen-bond donors (Lipinski definition) is 1. The fourth-order valence-electron chi connectivity index (χ4n) is 2.42. The van der Waals surface area contributed by atoms with E-state index in [-0.39, 0.29) is 0 Å². The molecule has 0 unspecified atom stereocenters. The number of rotatable bonds is 6. The number of nitrogens with one attached hydrogen (secondary N) is 1. The van der Waals surface area contributed by atoms with Gasteiger partial charge in [0.1, 0.15) is 0 Å². The van der Waals surface area contributed by atoms with Crippen LogP contribution in [0.25, 0.3) is 5.69 Å². The molecule has 0 radical (unpaired) electrons. The summed E-state index contributed by atoms with van der Waals surface area (Å²) in [6.45, 7) is 5.35. The number of aryl methyl sites for hydroxylation is 1. The van der Waals surface area contributed by atoms with Gasteiger partial charge in [-0.3, -0.25) is 4.98 Å². The molecule has 0 saturated carbocycles. The summed E-state index contributed by atoms with van der Waals surface area (Å²) < 4.78 is 2.07.